The van der Waals surface area contributed by atoms with E-state index in [2.05, 4.69) is 10.6 Å². The van der Waals surface area contributed by atoms with E-state index in [9.17, 15) is 19.2 Å². The zero-order chi connectivity index (χ0) is 30.5. The number of carbonyl (C=O) groups is 4. The predicted octanol–water partition coefficient (Wildman–Crippen LogP) is 5.20. The monoisotopic (exact) mass is 606 g/mol. The number of carbonyl (C=O) groups excluding carboxylic acids is 4. The first kappa shape index (κ1) is 30.8. The summed E-state index contributed by atoms with van der Waals surface area (Å²) in [7, 11) is 1.42. The number of aryl methyl sites for hydroxylation is 1. The van der Waals surface area contributed by atoms with Crippen LogP contribution in [0.25, 0.3) is 10.2 Å². The van der Waals surface area contributed by atoms with Gasteiger partial charge >= 0.3 is 5.97 Å². The Balaban J connectivity index is 1.17. The fraction of sp³-hybridized carbons (Fsp3) is 0.515. The molecule has 2 aromatic heterocycles. The van der Waals surface area contributed by atoms with Gasteiger partial charge in [0.1, 0.15) is 12.2 Å². The molecule has 2 fully saturated rings. The molecular weight excluding hydrogens is 564 g/mol. The molecule has 0 spiro atoms. The van der Waals surface area contributed by atoms with E-state index >= 15 is 0 Å². The lowest BCUT2D eigenvalue weighted by Crippen LogP contribution is -2.45. The van der Waals surface area contributed by atoms with Crippen LogP contribution in [0.2, 0.25) is 0 Å². The van der Waals surface area contributed by atoms with Crippen molar-refractivity contribution in [1.82, 2.24) is 15.2 Å². The van der Waals surface area contributed by atoms with Crippen molar-refractivity contribution in [2.75, 3.05) is 18.6 Å². The minimum Gasteiger partial charge on any atom is -0.469 e. The molecule has 2 N–H and O–H groups in total. The number of methoxy groups -OCH3 is 1. The van der Waals surface area contributed by atoms with Gasteiger partial charge in [0, 0.05) is 30.2 Å². The third kappa shape index (κ3) is 7.12. The summed E-state index contributed by atoms with van der Waals surface area (Å²) in [6, 6.07) is 11.8. The zero-order valence-electron chi connectivity index (χ0n) is 25.3. The number of hydrogen-bond donors (Lipinski definition) is 2. The number of nitrogens with zero attached hydrogens (tertiary/aromatic N) is 2. The highest BCUT2D eigenvalue weighted by Crippen LogP contribution is 2.30. The van der Waals surface area contributed by atoms with Crippen LogP contribution in [-0.2, 0) is 25.7 Å². The molecule has 0 bridgehead atoms. The molecule has 0 aliphatic heterocycles. The molecule has 3 amide bonds. The molecule has 43 heavy (non-hydrogen) atoms. The number of esters is 1. The number of benzene rings is 1. The molecule has 2 saturated carbocycles. The lowest BCUT2D eigenvalue weighted by molar-refractivity contribution is -0.146. The normalized spacial score (nSPS) is 22.1. The van der Waals surface area contributed by atoms with Crippen LogP contribution in [0.4, 0.5) is 5.69 Å². The molecular formula is C33H42N4O5S. The van der Waals surface area contributed by atoms with E-state index in [4.69, 9.17) is 4.74 Å². The van der Waals surface area contributed by atoms with E-state index < -0.39 is 0 Å². The summed E-state index contributed by atoms with van der Waals surface area (Å²) in [5, 5.41) is 8.36. The number of fused-ring (bicyclic) bond motifs is 1. The Labute approximate surface area is 257 Å². The van der Waals surface area contributed by atoms with Gasteiger partial charge in [0.05, 0.1) is 23.2 Å². The summed E-state index contributed by atoms with van der Waals surface area (Å²) in [6.07, 6.45) is 5.94. The van der Waals surface area contributed by atoms with Crippen LogP contribution in [0.15, 0.2) is 41.8 Å². The highest BCUT2D eigenvalue weighted by Gasteiger charge is 2.32. The SMILES string of the molecule is CCN(C(=O)Cn1c(C(=O)N[C@H]2CC[C@H](C(=O)N[C@H]3CC[C@H](C(=O)OC)CC3)CC2)cc2sccc21)c1cccc(C)c1. The van der Waals surface area contributed by atoms with Crippen LogP contribution < -0.4 is 15.5 Å². The van der Waals surface area contributed by atoms with Crippen molar-refractivity contribution in [3.05, 3.63) is 53.0 Å². The number of thiophene rings is 1. The van der Waals surface area contributed by atoms with Gasteiger partial charge in [0.25, 0.3) is 5.91 Å². The molecule has 9 nitrogen and oxygen atoms in total. The molecule has 0 radical (unpaired) electrons. The number of anilines is 1. The smallest absolute Gasteiger partial charge is 0.308 e. The topological polar surface area (TPSA) is 110 Å². The maximum atomic E-state index is 13.5. The van der Waals surface area contributed by atoms with Gasteiger partial charge in [-0.2, -0.15) is 0 Å². The highest BCUT2D eigenvalue weighted by atomic mass is 32.1. The lowest BCUT2D eigenvalue weighted by Gasteiger charge is -2.32. The number of rotatable bonds is 9. The first-order valence-corrected chi connectivity index (χ1v) is 16.3. The highest BCUT2D eigenvalue weighted by molar-refractivity contribution is 7.17. The van der Waals surface area contributed by atoms with Crippen molar-refractivity contribution in [1.29, 1.82) is 0 Å². The average Bonchev–Trinajstić information content (AvgIpc) is 3.60. The summed E-state index contributed by atoms with van der Waals surface area (Å²) >= 11 is 1.55. The quantitative estimate of drug-likeness (QED) is 0.326. The lowest BCUT2D eigenvalue weighted by atomic mass is 9.83. The van der Waals surface area contributed by atoms with Gasteiger partial charge in [-0.05, 0) is 100 Å². The molecule has 0 saturated heterocycles. The Morgan fingerprint density at radius 3 is 2.26 bits per heavy atom. The van der Waals surface area contributed by atoms with Gasteiger partial charge in [0.15, 0.2) is 0 Å². The molecule has 3 aromatic rings. The summed E-state index contributed by atoms with van der Waals surface area (Å²) in [5.74, 6) is -0.478. The van der Waals surface area contributed by atoms with E-state index in [0.717, 1.165) is 60.0 Å². The van der Waals surface area contributed by atoms with Crippen molar-refractivity contribution in [2.24, 2.45) is 11.8 Å². The van der Waals surface area contributed by atoms with Gasteiger partial charge in [-0.15, -0.1) is 11.3 Å². The Hall–Kier alpha value is -3.66. The van der Waals surface area contributed by atoms with E-state index in [1.165, 1.54) is 7.11 Å². The maximum absolute atomic E-state index is 13.5. The number of ether oxygens (including phenoxy) is 1. The largest absolute Gasteiger partial charge is 0.469 e. The Morgan fingerprint density at radius 1 is 0.930 bits per heavy atom. The van der Waals surface area contributed by atoms with Crippen LogP contribution in [0.5, 0.6) is 0 Å². The molecule has 1 aromatic carbocycles. The van der Waals surface area contributed by atoms with Crippen molar-refractivity contribution < 1.29 is 23.9 Å². The Bertz CT molecular complexity index is 1460. The summed E-state index contributed by atoms with van der Waals surface area (Å²) in [4.78, 5) is 53.6. The van der Waals surface area contributed by atoms with Gasteiger partial charge in [0.2, 0.25) is 11.8 Å². The maximum Gasteiger partial charge on any atom is 0.308 e. The molecule has 2 aliphatic rings. The van der Waals surface area contributed by atoms with Crippen LogP contribution >= 0.6 is 11.3 Å². The predicted molar refractivity (Wildman–Crippen MR) is 168 cm³/mol. The van der Waals surface area contributed by atoms with Gasteiger partial charge in [-0.3, -0.25) is 19.2 Å². The third-order valence-corrected chi connectivity index (χ3v) is 9.87. The van der Waals surface area contributed by atoms with E-state index in [-0.39, 0.29) is 54.2 Å². The molecule has 2 heterocycles. The number of nitrogens with one attached hydrogen (secondary N) is 2. The minimum atomic E-state index is -0.190. The molecule has 2 aliphatic carbocycles. The second-order valence-corrected chi connectivity index (χ2v) is 12.8. The van der Waals surface area contributed by atoms with E-state index in [0.29, 0.717) is 25.1 Å². The molecule has 0 unspecified atom stereocenters. The summed E-state index contributed by atoms with van der Waals surface area (Å²) in [6.45, 7) is 4.56. The van der Waals surface area contributed by atoms with Gasteiger partial charge in [-0.25, -0.2) is 0 Å². The first-order chi connectivity index (χ1) is 20.8. The fourth-order valence-corrected chi connectivity index (χ4v) is 7.40. The third-order valence-electron chi connectivity index (χ3n) is 9.02. The fourth-order valence-electron chi connectivity index (χ4n) is 6.57. The van der Waals surface area contributed by atoms with Crippen LogP contribution in [0.3, 0.4) is 0 Å². The molecule has 10 heteroatoms. The molecule has 5 rings (SSSR count). The average molecular weight is 607 g/mol. The number of amides is 3. The Kier molecular flexibility index (Phi) is 9.85. The zero-order valence-corrected chi connectivity index (χ0v) is 26.1. The van der Waals surface area contributed by atoms with Crippen molar-refractivity contribution >= 4 is 50.9 Å². The van der Waals surface area contributed by atoms with E-state index in [1.54, 1.807) is 16.2 Å². The van der Waals surface area contributed by atoms with Crippen LogP contribution in [-0.4, -0.2) is 54.0 Å². The van der Waals surface area contributed by atoms with Gasteiger partial charge < -0.3 is 24.8 Å². The van der Waals surface area contributed by atoms with Gasteiger partial charge in [-0.1, -0.05) is 12.1 Å². The van der Waals surface area contributed by atoms with Crippen molar-refractivity contribution in [2.45, 2.75) is 83.8 Å². The number of likely N-dealkylation sites (N-methyl/N-ethyl adjacent to an activating group) is 1. The van der Waals surface area contributed by atoms with E-state index in [1.807, 2.05) is 60.2 Å². The minimum absolute atomic E-state index is 0.0245. The first-order valence-electron chi connectivity index (χ1n) is 15.4. The van der Waals surface area contributed by atoms with Crippen molar-refractivity contribution in [3.8, 4) is 0 Å². The Morgan fingerprint density at radius 2 is 1.60 bits per heavy atom. The number of hydrogen-bond acceptors (Lipinski definition) is 6. The number of aromatic nitrogens is 1. The summed E-state index contributed by atoms with van der Waals surface area (Å²) < 4.78 is 7.66. The second kappa shape index (κ2) is 13.8. The second-order valence-electron chi connectivity index (χ2n) is 11.9. The molecule has 0 atom stereocenters. The molecule has 230 valence electrons. The van der Waals surface area contributed by atoms with Crippen molar-refractivity contribution in [3.63, 3.8) is 0 Å². The van der Waals surface area contributed by atoms with Crippen LogP contribution in [0, 0.1) is 18.8 Å². The summed E-state index contributed by atoms with van der Waals surface area (Å²) in [5.41, 5.74) is 3.30. The van der Waals surface area contributed by atoms with Crippen LogP contribution in [0.1, 0.15) is 74.3 Å². The standard InChI is InChI=1S/C33H42N4O5S/c1-4-36(26-7-5-6-21(2)18-26)30(38)20-37-27-16-17-43-29(27)19-28(37)32(40)35-25-12-8-22(9-13-25)31(39)34-24-14-10-23(11-15-24)33(41)42-3/h5-7,16-19,22-25H,4,8-15,20H2,1-3H3,(H,34,39)(H,35,40)/t22-,23-,24-,25-.